The van der Waals surface area contributed by atoms with Crippen molar-refractivity contribution in [1.82, 2.24) is 0 Å². The predicted molar refractivity (Wildman–Crippen MR) is 75.4 cm³/mol. The molecule has 1 rings (SSSR count). The Morgan fingerprint density at radius 1 is 1.14 bits per heavy atom. The Labute approximate surface area is 122 Å². The molecule has 3 N–H and O–H groups in total. The van der Waals surface area contributed by atoms with Crippen LogP contribution in [0.3, 0.4) is 0 Å². The molecule has 1 aromatic carbocycles. The molecule has 0 aliphatic carbocycles. The Bertz CT molecular complexity index is 495. The number of rotatable bonds is 4. The normalized spacial score (nSPS) is 10.3. The molecule has 7 nitrogen and oxygen atoms in total. The van der Waals surface area contributed by atoms with Gasteiger partial charge in [-0.25, -0.2) is 9.36 Å². The lowest BCUT2D eigenvalue weighted by atomic mass is 10.1. The van der Waals surface area contributed by atoms with Gasteiger partial charge in [-0.15, -0.1) is 0 Å². The van der Waals surface area contributed by atoms with Crippen LogP contribution < -0.4 is 0 Å². The van der Waals surface area contributed by atoms with Crippen molar-refractivity contribution in [1.29, 1.82) is 0 Å². The van der Waals surface area contributed by atoms with Crippen LogP contribution in [0.2, 0.25) is 0 Å². The number of hydrogen-bond donors (Lipinski definition) is 3. The van der Waals surface area contributed by atoms with Crippen molar-refractivity contribution in [2.24, 2.45) is 0 Å². The van der Waals surface area contributed by atoms with Gasteiger partial charge in [0, 0.05) is 6.42 Å². The van der Waals surface area contributed by atoms with Gasteiger partial charge in [0.05, 0.1) is 5.56 Å². The van der Waals surface area contributed by atoms with Gasteiger partial charge in [0.25, 0.3) is 0 Å². The topological polar surface area (TPSA) is 121 Å². The number of ether oxygens (including phenoxy) is 1. The van der Waals surface area contributed by atoms with Gasteiger partial charge < -0.3 is 19.4 Å². The van der Waals surface area contributed by atoms with Gasteiger partial charge in [-0.2, -0.15) is 0 Å². The molecular weight excluding hydrogens is 299 g/mol. The molecule has 0 saturated heterocycles. The van der Waals surface area contributed by atoms with Gasteiger partial charge in [-0.3, -0.25) is 4.79 Å². The molecule has 0 spiro atoms. The zero-order valence-electron chi connectivity index (χ0n) is 11.9. The molecule has 0 heterocycles. The van der Waals surface area contributed by atoms with E-state index in [0.717, 1.165) is 18.4 Å². The summed E-state index contributed by atoms with van der Waals surface area (Å²) in [7, 11) is -4.64. The van der Waals surface area contributed by atoms with E-state index in [9.17, 15) is 9.59 Å². The third-order valence-electron chi connectivity index (χ3n) is 2.23. The molecule has 0 aliphatic rings. The minimum Gasteiger partial charge on any atom is -0.389 e. The number of carbonyl (C=O) groups excluding carboxylic acids is 2. The Kier molecular flexibility index (Phi) is 8.73. The summed E-state index contributed by atoms with van der Waals surface area (Å²) in [5, 5.41) is 0. The van der Waals surface area contributed by atoms with Crippen molar-refractivity contribution < 1.29 is 33.6 Å². The van der Waals surface area contributed by atoms with Crippen molar-refractivity contribution in [2.75, 3.05) is 0 Å². The van der Waals surface area contributed by atoms with E-state index in [1.54, 1.807) is 12.1 Å². The average molecular weight is 318 g/mol. The number of carbonyl (C=O) groups is 2. The van der Waals surface area contributed by atoms with E-state index in [2.05, 4.69) is 0 Å². The van der Waals surface area contributed by atoms with Crippen LogP contribution in [0.15, 0.2) is 24.3 Å². The first-order chi connectivity index (χ1) is 9.63. The van der Waals surface area contributed by atoms with Gasteiger partial charge in [0.2, 0.25) is 0 Å². The Balaban J connectivity index is 0.000000690. The van der Waals surface area contributed by atoms with E-state index < -0.39 is 19.8 Å². The van der Waals surface area contributed by atoms with Crippen LogP contribution in [0.1, 0.15) is 42.1 Å². The molecule has 1 aromatic rings. The van der Waals surface area contributed by atoms with Crippen molar-refractivity contribution in [3.63, 3.8) is 0 Å². The van der Waals surface area contributed by atoms with Crippen LogP contribution in [-0.4, -0.2) is 26.6 Å². The summed E-state index contributed by atoms with van der Waals surface area (Å²) in [5.74, 6) is -1.02. The van der Waals surface area contributed by atoms with Gasteiger partial charge in [0.1, 0.15) is 0 Å². The van der Waals surface area contributed by atoms with E-state index >= 15 is 0 Å². The second-order valence-corrected chi connectivity index (χ2v) is 5.27. The van der Waals surface area contributed by atoms with Gasteiger partial charge in [-0.05, 0) is 25.5 Å². The number of aryl methyl sites for hydroxylation is 1. The van der Waals surface area contributed by atoms with Gasteiger partial charge in [-0.1, -0.05) is 31.0 Å². The Morgan fingerprint density at radius 3 is 2.05 bits per heavy atom. The minimum absolute atomic E-state index is 0.300. The summed E-state index contributed by atoms with van der Waals surface area (Å²) in [5.41, 5.74) is 1.48. The zero-order chi connectivity index (χ0) is 16.5. The summed E-state index contributed by atoms with van der Waals surface area (Å²) in [4.78, 5) is 44.3. The molecular formula is C13H19O7P. The molecule has 0 amide bonds. The summed E-state index contributed by atoms with van der Waals surface area (Å²) in [6.07, 6.45) is 1.96. The summed E-state index contributed by atoms with van der Waals surface area (Å²) < 4.78 is 13.6. The third kappa shape index (κ3) is 12.0. The fraction of sp³-hybridized carbons (Fsp3) is 0.385. The fourth-order valence-corrected chi connectivity index (χ4v) is 1.22. The molecule has 0 aliphatic heterocycles. The number of unbranched alkanes of at least 4 members (excludes halogenated alkanes) is 1. The predicted octanol–water partition coefficient (Wildman–Crippen LogP) is 1.94. The lowest BCUT2D eigenvalue weighted by Crippen LogP contribution is -2.12. The molecule has 0 bridgehead atoms. The fourth-order valence-electron chi connectivity index (χ4n) is 1.22. The average Bonchev–Trinajstić information content (AvgIpc) is 2.35. The third-order valence-corrected chi connectivity index (χ3v) is 2.23. The van der Waals surface area contributed by atoms with Crippen LogP contribution in [-0.2, 0) is 14.1 Å². The minimum atomic E-state index is -4.64. The van der Waals surface area contributed by atoms with Gasteiger partial charge in [0.15, 0.2) is 0 Å². The quantitative estimate of drug-likeness (QED) is 0.440. The highest BCUT2D eigenvalue weighted by molar-refractivity contribution is 7.45. The maximum absolute atomic E-state index is 11.5. The van der Waals surface area contributed by atoms with Crippen LogP contribution in [0.4, 0.5) is 0 Å². The molecule has 0 atom stereocenters. The molecule has 118 valence electrons. The van der Waals surface area contributed by atoms with Gasteiger partial charge >= 0.3 is 19.8 Å². The first-order valence-electron chi connectivity index (χ1n) is 6.23. The van der Waals surface area contributed by atoms with E-state index in [1.807, 2.05) is 26.0 Å². The summed E-state index contributed by atoms with van der Waals surface area (Å²) in [6, 6.07) is 6.94. The first kappa shape index (κ1) is 19.5. The highest BCUT2D eigenvalue weighted by Crippen LogP contribution is 2.25. The number of esters is 2. The maximum atomic E-state index is 11.5. The molecule has 8 heteroatoms. The van der Waals surface area contributed by atoms with Crippen LogP contribution in [0, 0.1) is 6.92 Å². The molecule has 0 radical (unpaired) electrons. The van der Waals surface area contributed by atoms with E-state index in [0.29, 0.717) is 12.0 Å². The second kappa shape index (κ2) is 9.41. The van der Waals surface area contributed by atoms with Crippen LogP contribution in [0.5, 0.6) is 0 Å². The molecule has 21 heavy (non-hydrogen) atoms. The van der Waals surface area contributed by atoms with E-state index in [4.69, 9.17) is 24.0 Å². The molecule has 0 fully saturated rings. The first-order valence-corrected chi connectivity index (χ1v) is 7.80. The van der Waals surface area contributed by atoms with Crippen molar-refractivity contribution in [3.8, 4) is 0 Å². The Hall–Kier alpha value is -1.53. The SMILES string of the molecule is CCCCC(=O)OC(=O)c1ccc(C)cc1.O=P(O)(O)O. The lowest BCUT2D eigenvalue weighted by Gasteiger charge is -2.02. The molecule has 0 unspecified atom stereocenters. The smallest absolute Gasteiger partial charge is 0.389 e. The zero-order valence-corrected chi connectivity index (χ0v) is 12.7. The number of phosphoric acid groups is 1. The monoisotopic (exact) mass is 318 g/mol. The summed E-state index contributed by atoms with van der Waals surface area (Å²) >= 11 is 0. The second-order valence-electron chi connectivity index (χ2n) is 4.24. The highest BCUT2D eigenvalue weighted by Gasteiger charge is 2.11. The maximum Gasteiger partial charge on any atom is 0.466 e. The number of hydrogen-bond acceptors (Lipinski definition) is 4. The summed E-state index contributed by atoms with van der Waals surface area (Å²) in [6.45, 7) is 3.91. The Morgan fingerprint density at radius 2 is 1.62 bits per heavy atom. The van der Waals surface area contributed by atoms with Crippen molar-refractivity contribution in [3.05, 3.63) is 35.4 Å². The molecule has 0 aromatic heterocycles. The van der Waals surface area contributed by atoms with Crippen molar-refractivity contribution >= 4 is 19.8 Å². The lowest BCUT2D eigenvalue weighted by molar-refractivity contribution is -0.138. The van der Waals surface area contributed by atoms with Crippen LogP contribution >= 0.6 is 7.82 Å². The van der Waals surface area contributed by atoms with E-state index in [-0.39, 0.29) is 0 Å². The standard InChI is InChI=1S/C13H16O3.H3O4P/c1-3-4-5-12(14)16-13(15)11-8-6-10(2)7-9-11;1-5(2,3)4/h6-9H,3-5H2,1-2H3;(H3,1,2,3,4). The largest absolute Gasteiger partial charge is 0.466 e. The number of benzene rings is 1. The van der Waals surface area contributed by atoms with Crippen LogP contribution in [0.25, 0.3) is 0 Å². The van der Waals surface area contributed by atoms with E-state index in [1.165, 1.54) is 0 Å². The highest BCUT2D eigenvalue weighted by atomic mass is 31.2. The molecule has 0 saturated carbocycles. The van der Waals surface area contributed by atoms with Crippen molar-refractivity contribution in [2.45, 2.75) is 33.1 Å².